The van der Waals surface area contributed by atoms with Gasteiger partial charge < -0.3 is 15.0 Å². The number of hydrogen-bond donors (Lipinski definition) is 1. The van der Waals surface area contributed by atoms with E-state index in [2.05, 4.69) is 5.32 Å². The number of nitro benzene ring substituents is 1. The second kappa shape index (κ2) is 10.7. The van der Waals surface area contributed by atoms with E-state index in [9.17, 15) is 24.5 Å². The Kier molecular flexibility index (Phi) is 7.43. The zero-order valence-corrected chi connectivity index (χ0v) is 21.3. The molecule has 1 aliphatic heterocycles. The third-order valence-electron chi connectivity index (χ3n) is 5.78. The van der Waals surface area contributed by atoms with E-state index in [1.165, 1.54) is 21.9 Å². The minimum absolute atomic E-state index is 0.0394. The van der Waals surface area contributed by atoms with Crippen molar-refractivity contribution in [3.8, 4) is 0 Å². The molecular formula is C28H28N4O6. The van der Waals surface area contributed by atoms with Gasteiger partial charge in [0.25, 0.3) is 5.69 Å². The van der Waals surface area contributed by atoms with Crippen molar-refractivity contribution >= 4 is 40.7 Å². The first-order chi connectivity index (χ1) is 18.0. The number of ether oxygens (including phenoxy) is 1. The van der Waals surface area contributed by atoms with Crippen LogP contribution in [0.25, 0.3) is 0 Å². The fraction of sp³-hybridized carbons (Fsp3) is 0.250. The molecule has 0 fully saturated rings. The molecule has 196 valence electrons. The second-order valence-electron chi connectivity index (χ2n) is 9.82. The molecule has 0 saturated carbocycles. The van der Waals surface area contributed by atoms with Gasteiger partial charge in [-0.25, -0.2) is 4.79 Å². The van der Waals surface area contributed by atoms with E-state index in [1.807, 2.05) is 0 Å². The number of amides is 3. The minimum atomic E-state index is -0.599. The molecule has 0 aromatic heterocycles. The number of rotatable bonds is 6. The molecule has 0 atom stereocenters. The van der Waals surface area contributed by atoms with Crippen LogP contribution in [-0.2, 0) is 27.4 Å². The van der Waals surface area contributed by atoms with E-state index >= 15 is 0 Å². The molecule has 0 radical (unpaired) electrons. The highest BCUT2D eigenvalue weighted by Crippen LogP contribution is 2.38. The van der Waals surface area contributed by atoms with Gasteiger partial charge in [-0.05, 0) is 56.2 Å². The van der Waals surface area contributed by atoms with Gasteiger partial charge in [0.05, 0.1) is 22.8 Å². The Hall–Kier alpha value is -4.73. The molecule has 1 aliphatic rings. The molecular weight excluding hydrogens is 488 g/mol. The summed E-state index contributed by atoms with van der Waals surface area (Å²) in [5.41, 5.74) is 2.55. The molecule has 10 heteroatoms. The molecule has 0 unspecified atom stereocenters. The molecule has 4 rings (SSSR count). The van der Waals surface area contributed by atoms with Crippen molar-refractivity contribution in [2.45, 2.75) is 45.9 Å². The van der Waals surface area contributed by atoms with Crippen molar-refractivity contribution < 1.29 is 24.0 Å². The van der Waals surface area contributed by atoms with Gasteiger partial charge in [0.1, 0.15) is 12.0 Å². The number of non-ortho nitro benzene ring substituents is 1. The van der Waals surface area contributed by atoms with E-state index in [0.29, 0.717) is 22.6 Å². The summed E-state index contributed by atoms with van der Waals surface area (Å²) < 4.78 is 5.25. The van der Waals surface area contributed by atoms with Gasteiger partial charge in [0, 0.05) is 24.4 Å². The third-order valence-corrected chi connectivity index (χ3v) is 5.78. The van der Waals surface area contributed by atoms with E-state index in [-0.39, 0.29) is 37.0 Å². The Balaban J connectivity index is 1.57. The first-order valence-corrected chi connectivity index (χ1v) is 12.0. The number of nitrogens with one attached hydrogen (secondary N) is 1. The van der Waals surface area contributed by atoms with Crippen LogP contribution in [0.3, 0.4) is 0 Å². The predicted molar refractivity (Wildman–Crippen MR) is 142 cm³/mol. The topological polar surface area (TPSA) is 122 Å². The Morgan fingerprint density at radius 2 is 1.53 bits per heavy atom. The number of carbonyl (C=O) groups excluding carboxylic acids is 3. The van der Waals surface area contributed by atoms with Crippen LogP contribution in [0.5, 0.6) is 0 Å². The van der Waals surface area contributed by atoms with Gasteiger partial charge >= 0.3 is 6.09 Å². The average molecular weight is 517 g/mol. The quantitative estimate of drug-likeness (QED) is 0.272. The van der Waals surface area contributed by atoms with E-state index < -0.39 is 16.6 Å². The van der Waals surface area contributed by atoms with Crippen LogP contribution >= 0.6 is 0 Å². The monoisotopic (exact) mass is 516 g/mol. The summed E-state index contributed by atoms with van der Waals surface area (Å²) in [5, 5.41) is 13.7. The summed E-state index contributed by atoms with van der Waals surface area (Å²) in [6.45, 7) is 5.77. The summed E-state index contributed by atoms with van der Waals surface area (Å²) >= 11 is 0. The smallest absolute Gasteiger partial charge is 0.407 e. The van der Waals surface area contributed by atoms with Gasteiger partial charge in [-0.15, -0.1) is 0 Å². The van der Waals surface area contributed by atoms with Crippen LogP contribution < -0.4 is 15.1 Å². The highest BCUT2D eigenvalue weighted by molar-refractivity contribution is 6.18. The van der Waals surface area contributed by atoms with Crippen LogP contribution in [0.1, 0.15) is 38.3 Å². The Labute approximate surface area is 220 Å². The zero-order chi connectivity index (χ0) is 27.4. The van der Waals surface area contributed by atoms with Crippen molar-refractivity contribution in [1.29, 1.82) is 0 Å². The molecule has 3 amide bonds. The Morgan fingerprint density at radius 3 is 2.13 bits per heavy atom. The molecule has 0 bridgehead atoms. The number of benzene rings is 3. The molecule has 0 saturated heterocycles. The fourth-order valence-corrected chi connectivity index (χ4v) is 4.07. The number of hydrogen-bond acceptors (Lipinski definition) is 6. The largest absolute Gasteiger partial charge is 0.444 e. The van der Waals surface area contributed by atoms with Crippen LogP contribution in [0.15, 0.2) is 72.8 Å². The number of alkyl carbamates (subject to hydrolysis) is 1. The summed E-state index contributed by atoms with van der Waals surface area (Å²) in [7, 11) is 0. The third kappa shape index (κ3) is 6.15. The normalized spacial score (nSPS) is 13.6. The average Bonchev–Trinajstić information content (AvgIpc) is 2.96. The number of nitrogens with zero attached hydrogens (tertiary/aromatic N) is 3. The van der Waals surface area contributed by atoms with Crippen molar-refractivity contribution in [3.63, 3.8) is 0 Å². The number of anilines is 3. The lowest BCUT2D eigenvalue weighted by molar-refractivity contribution is -0.384. The standard InChI is InChI=1S/C28H28N4O6/c1-28(2,3)38-27(35)29-17-19-8-12-21(13-9-19)31-24-7-5-4-6-23(24)30(25(33)16-26(31)34)18-20-10-14-22(15-11-20)32(36)37/h4-15H,16-18H2,1-3H3,(H,29,35). The van der Waals surface area contributed by atoms with Crippen molar-refractivity contribution in [2.24, 2.45) is 0 Å². The van der Waals surface area contributed by atoms with Crippen LogP contribution in [0.2, 0.25) is 0 Å². The van der Waals surface area contributed by atoms with E-state index in [4.69, 9.17) is 4.74 Å². The lowest BCUT2D eigenvalue weighted by Crippen LogP contribution is -2.32. The fourth-order valence-electron chi connectivity index (χ4n) is 4.07. The van der Waals surface area contributed by atoms with Gasteiger partial charge in [0.2, 0.25) is 11.8 Å². The molecule has 3 aromatic rings. The Bertz CT molecular complexity index is 1360. The Morgan fingerprint density at radius 1 is 0.921 bits per heavy atom. The summed E-state index contributed by atoms with van der Waals surface area (Å²) in [6, 6.07) is 20.2. The zero-order valence-electron chi connectivity index (χ0n) is 21.3. The van der Waals surface area contributed by atoms with Crippen LogP contribution in [0.4, 0.5) is 27.5 Å². The summed E-state index contributed by atoms with van der Waals surface area (Å²) in [6.07, 6.45) is -0.867. The van der Waals surface area contributed by atoms with Crippen LogP contribution in [-0.4, -0.2) is 28.4 Å². The maximum Gasteiger partial charge on any atom is 0.407 e. The predicted octanol–water partition coefficient (Wildman–Crippen LogP) is 5.22. The molecule has 3 aromatic carbocycles. The van der Waals surface area contributed by atoms with Gasteiger partial charge in [0.15, 0.2) is 0 Å². The highest BCUT2D eigenvalue weighted by atomic mass is 16.6. The van der Waals surface area contributed by atoms with Crippen molar-refractivity contribution in [3.05, 3.63) is 94.0 Å². The van der Waals surface area contributed by atoms with Gasteiger partial charge in [-0.3, -0.25) is 24.6 Å². The van der Waals surface area contributed by atoms with Crippen molar-refractivity contribution in [2.75, 3.05) is 9.80 Å². The van der Waals surface area contributed by atoms with Crippen LogP contribution in [0, 0.1) is 10.1 Å². The van der Waals surface area contributed by atoms with Gasteiger partial charge in [-0.1, -0.05) is 36.4 Å². The molecule has 10 nitrogen and oxygen atoms in total. The maximum atomic E-state index is 13.3. The lowest BCUT2D eigenvalue weighted by Gasteiger charge is -2.26. The molecule has 38 heavy (non-hydrogen) atoms. The summed E-state index contributed by atoms with van der Waals surface area (Å²) in [5.74, 6) is -0.755. The molecule has 0 aliphatic carbocycles. The number of nitro groups is 1. The van der Waals surface area contributed by atoms with E-state index in [0.717, 1.165) is 5.56 Å². The van der Waals surface area contributed by atoms with Crippen molar-refractivity contribution in [1.82, 2.24) is 5.32 Å². The first-order valence-electron chi connectivity index (χ1n) is 12.0. The second-order valence-corrected chi connectivity index (χ2v) is 9.82. The number of fused-ring (bicyclic) bond motifs is 1. The number of para-hydroxylation sites is 2. The minimum Gasteiger partial charge on any atom is -0.444 e. The number of carbonyl (C=O) groups is 3. The highest BCUT2D eigenvalue weighted by Gasteiger charge is 2.32. The molecule has 0 spiro atoms. The van der Waals surface area contributed by atoms with Gasteiger partial charge in [-0.2, -0.15) is 0 Å². The molecule has 1 heterocycles. The maximum absolute atomic E-state index is 13.3. The SMILES string of the molecule is CC(C)(C)OC(=O)NCc1ccc(N2C(=O)CC(=O)N(Cc3ccc([N+](=O)[O-])cc3)c3ccccc32)cc1. The van der Waals surface area contributed by atoms with E-state index in [1.54, 1.807) is 81.4 Å². The lowest BCUT2D eigenvalue weighted by atomic mass is 10.1. The first kappa shape index (κ1) is 26.3. The summed E-state index contributed by atoms with van der Waals surface area (Å²) in [4.78, 5) is 51.9. The molecule has 1 N–H and O–H groups in total.